The molecule has 0 saturated heterocycles. The van der Waals surface area contributed by atoms with Crippen molar-refractivity contribution < 1.29 is 24.0 Å². The molecule has 7 heteroatoms. The van der Waals surface area contributed by atoms with Crippen LogP contribution in [-0.2, 0) is 19.1 Å². The fourth-order valence-corrected chi connectivity index (χ4v) is 1.88. The Labute approximate surface area is 141 Å². The van der Waals surface area contributed by atoms with Gasteiger partial charge in [0, 0.05) is 12.1 Å². The smallest absolute Gasteiger partial charge is 0.325 e. The maximum Gasteiger partial charge on any atom is 0.325 e. The predicted molar refractivity (Wildman–Crippen MR) is 87.5 cm³/mol. The number of carbonyl (C=O) groups excluding carboxylic acids is 2. The predicted octanol–water partition coefficient (Wildman–Crippen LogP) is 3.36. The third-order valence-electron chi connectivity index (χ3n) is 2.72. The van der Waals surface area contributed by atoms with Crippen molar-refractivity contribution in [3.05, 3.63) is 39.9 Å². The molecule has 0 aliphatic rings. The van der Waals surface area contributed by atoms with E-state index in [1.165, 1.54) is 24.3 Å². The minimum absolute atomic E-state index is 0.133. The molecule has 0 spiro atoms. The second-order valence-electron chi connectivity index (χ2n) is 7.35. The molecule has 24 heavy (non-hydrogen) atoms. The van der Waals surface area contributed by atoms with Crippen molar-refractivity contribution in [2.45, 2.75) is 58.7 Å². The molecule has 0 saturated carbocycles. The van der Waals surface area contributed by atoms with E-state index in [1.807, 2.05) is 0 Å². The molecular formula is C17H23NO6. The topological polar surface area (TPSA) is 95.7 Å². The van der Waals surface area contributed by atoms with Crippen LogP contribution in [0.2, 0.25) is 0 Å². The van der Waals surface area contributed by atoms with Gasteiger partial charge in [0.15, 0.2) is 5.92 Å². The maximum absolute atomic E-state index is 12.4. The monoisotopic (exact) mass is 337 g/mol. The van der Waals surface area contributed by atoms with Crippen molar-refractivity contribution in [2.24, 2.45) is 0 Å². The summed E-state index contributed by atoms with van der Waals surface area (Å²) in [6.45, 7) is 10.1. The van der Waals surface area contributed by atoms with Crippen molar-refractivity contribution in [1.29, 1.82) is 0 Å². The van der Waals surface area contributed by atoms with Crippen LogP contribution in [0.3, 0.4) is 0 Å². The zero-order chi connectivity index (χ0) is 18.7. The highest BCUT2D eigenvalue weighted by Crippen LogP contribution is 2.26. The van der Waals surface area contributed by atoms with Gasteiger partial charge in [-0.3, -0.25) is 19.7 Å². The second-order valence-corrected chi connectivity index (χ2v) is 7.35. The Morgan fingerprint density at radius 2 is 1.29 bits per heavy atom. The van der Waals surface area contributed by atoms with Crippen molar-refractivity contribution in [3.63, 3.8) is 0 Å². The molecule has 132 valence electrons. The largest absolute Gasteiger partial charge is 0.459 e. The molecule has 1 aromatic rings. The lowest BCUT2D eigenvalue weighted by Gasteiger charge is -2.26. The van der Waals surface area contributed by atoms with E-state index in [0.29, 0.717) is 0 Å². The van der Waals surface area contributed by atoms with Gasteiger partial charge in [-0.25, -0.2) is 0 Å². The van der Waals surface area contributed by atoms with Crippen LogP contribution in [-0.4, -0.2) is 28.1 Å². The zero-order valence-corrected chi connectivity index (χ0v) is 14.8. The van der Waals surface area contributed by atoms with E-state index in [-0.39, 0.29) is 11.3 Å². The Hall–Kier alpha value is -2.44. The molecule has 1 rings (SSSR count). The van der Waals surface area contributed by atoms with Gasteiger partial charge in [0.2, 0.25) is 0 Å². The van der Waals surface area contributed by atoms with E-state index in [4.69, 9.17) is 9.47 Å². The molecule has 0 aliphatic carbocycles. The molecule has 0 aromatic heterocycles. The fourth-order valence-electron chi connectivity index (χ4n) is 1.88. The quantitative estimate of drug-likeness (QED) is 0.362. The third kappa shape index (κ3) is 5.98. The Balaban J connectivity index is 3.19. The number of esters is 2. The number of nitro groups is 1. The van der Waals surface area contributed by atoms with Crippen LogP contribution < -0.4 is 0 Å². The molecular weight excluding hydrogens is 314 g/mol. The lowest BCUT2D eigenvalue weighted by molar-refractivity contribution is -0.384. The fraction of sp³-hybridized carbons (Fsp3) is 0.529. The highest BCUT2D eigenvalue weighted by molar-refractivity contribution is 6.01. The molecule has 0 unspecified atom stereocenters. The van der Waals surface area contributed by atoms with E-state index < -0.39 is 34.0 Å². The first-order valence-corrected chi connectivity index (χ1v) is 7.50. The van der Waals surface area contributed by atoms with E-state index in [0.717, 1.165) is 0 Å². The molecule has 0 heterocycles. The van der Waals surface area contributed by atoms with Crippen molar-refractivity contribution in [1.82, 2.24) is 0 Å². The Kier molecular flexibility index (Phi) is 5.71. The van der Waals surface area contributed by atoms with Gasteiger partial charge in [-0.2, -0.15) is 0 Å². The number of nitrogens with zero attached hydrogens (tertiary/aromatic N) is 1. The summed E-state index contributed by atoms with van der Waals surface area (Å²) in [7, 11) is 0. The number of hydrogen-bond acceptors (Lipinski definition) is 6. The summed E-state index contributed by atoms with van der Waals surface area (Å²) in [6, 6.07) is 5.18. The molecule has 1 aromatic carbocycles. The number of non-ortho nitro benzene ring substituents is 1. The number of hydrogen-bond donors (Lipinski definition) is 0. The van der Waals surface area contributed by atoms with Crippen LogP contribution in [0.1, 0.15) is 53.0 Å². The van der Waals surface area contributed by atoms with E-state index in [9.17, 15) is 19.7 Å². The van der Waals surface area contributed by atoms with Gasteiger partial charge in [0.05, 0.1) is 4.92 Å². The van der Waals surface area contributed by atoms with Gasteiger partial charge >= 0.3 is 11.9 Å². The summed E-state index contributed by atoms with van der Waals surface area (Å²) < 4.78 is 10.6. The SMILES string of the molecule is CC(C)(C)OC(=O)C(C(=O)OC(C)(C)C)c1ccc([N+](=O)[O-])cc1. The summed E-state index contributed by atoms with van der Waals surface area (Å²) in [5.74, 6) is -2.82. The molecule has 7 nitrogen and oxygen atoms in total. The van der Waals surface area contributed by atoms with Gasteiger partial charge in [-0.15, -0.1) is 0 Å². The standard InChI is InChI=1S/C17H23NO6/c1-16(2,3)23-14(19)13(15(20)24-17(4,5)6)11-7-9-12(10-8-11)18(21)22/h7-10,13H,1-6H3. The summed E-state index contributed by atoms with van der Waals surface area (Å²) >= 11 is 0. The lowest BCUT2D eigenvalue weighted by atomic mass is 9.98. The maximum atomic E-state index is 12.4. The summed E-state index contributed by atoms with van der Waals surface area (Å²) in [6.07, 6.45) is 0. The van der Waals surface area contributed by atoms with Crippen LogP contribution in [0.25, 0.3) is 0 Å². The minimum atomic E-state index is -1.30. The van der Waals surface area contributed by atoms with Gasteiger partial charge in [-0.05, 0) is 47.1 Å². The molecule has 0 radical (unpaired) electrons. The van der Waals surface area contributed by atoms with Gasteiger partial charge in [0.25, 0.3) is 5.69 Å². The van der Waals surface area contributed by atoms with Crippen LogP contribution in [0, 0.1) is 10.1 Å². The van der Waals surface area contributed by atoms with Crippen LogP contribution in [0.5, 0.6) is 0 Å². The lowest BCUT2D eigenvalue weighted by Crippen LogP contribution is -2.35. The average Bonchev–Trinajstić information content (AvgIpc) is 2.34. The van der Waals surface area contributed by atoms with Crippen LogP contribution >= 0.6 is 0 Å². The molecule has 0 N–H and O–H groups in total. The first-order chi connectivity index (χ1) is 10.8. The van der Waals surface area contributed by atoms with Crippen molar-refractivity contribution in [2.75, 3.05) is 0 Å². The van der Waals surface area contributed by atoms with E-state index in [1.54, 1.807) is 41.5 Å². The first kappa shape index (κ1) is 19.6. The number of benzene rings is 1. The molecule has 0 bridgehead atoms. The van der Waals surface area contributed by atoms with Crippen molar-refractivity contribution >= 4 is 17.6 Å². The van der Waals surface area contributed by atoms with E-state index in [2.05, 4.69) is 0 Å². The van der Waals surface area contributed by atoms with Gasteiger partial charge < -0.3 is 9.47 Å². The third-order valence-corrected chi connectivity index (χ3v) is 2.72. The number of rotatable bonds is 4. The molecule has 0 fully saturated rings. The number of ether oxygens (including phenoxy) is 2. The second kappa shape index (κ2) is 6.98. The molecule has 0 amide bonds. The van der Waals surface area contributed by atoms with Crippen LogP contribution in [0.15, 0.2) is 24.3 Å². The van der Waals surface area contributed by atoms with Crippen molar-refractivity contribution in [3.8, 4) is 0 Å². The summed E-state index contributed by atoms with van der Waals surface area (Å²) in [5.41, 5.74) is -1.41. The van der Waals surface area contributed by atoms with Gasteiger partial charge in [-0.1, -0.05) is 12.1 Å². The summed E-state index contributed by atoms with van der Waals surface area (Å²) in [5, 5.41) is 10.7. The molecule has 0 atom stereocenters. The van der Waals surface area contributed by atoms with E-state index >= 15 is 0 Å². The van der Waals surface area contributed by atoms with Crippen LogP contribution in [0.4, 0.5) is 5.69 Å². The van der Waals surface area contributed by atoms with Gasteiger partial charge in [0.1, 0.15) is 11.2 Å². The average molecular weight is 337 g/mol. The summed E-state index contributed by atoms with van der Waals surface area (Å²) in [4.78, 5) is 35.1. The number of carbonyl (C=O) groups is 2. The highest BCUT2D eigenvalue weighted by Gasteiger charge is 2.36. The highest BCUT2D eigenvalue weighted by atomic mass is 16.6. The Morgan fingerprint density at radius 3 is 1.58 bits per heavy atom. The first-order valence-electron chi connectivity index (χ1n) is 7.50. The Morgan fingerprint density at radius 1 is 0.917 bits per heavy atom. The molecule has 0 aliphatic heterocycles. The normalized spacial score (nSPS) is 12.0. The zero-order valence-electron chi connectivity index (χ0n) is 14.8. The number of nitro benzene ring substituents is 1. The minimum Gasteiger partial charge on any atom is -0.459 e. The Bertz CT molecular complexity index is 594.